The molecule has 130 valence electrons. The minimum absolute atomic E-state index is 0.0597. The first-order chi connectivity index (χ1) is 11.5. The van der Waals surface area contributed by atoms with E-state index in [9.17, 15) is 9.59 Å². The van der Waals surface area contributed by atoms with E-state index in [2.05, 4.69) is 10.6 Å². The van der Waals surface area contributed by atoms with Gasteiger partial charge in [0.15, 0.2) is 23.2 Å². The van der Waals surface area contributed by atoms with Crippen LogP contribution in [-0.2, 0) is 16.1 Å². The Morgan fingerprint density at radius 2 is 2.17 bits per heavy atom. The van der Waals surface area contributed by atoms with Crippen molar-refractivity contribution in [3.8, 4) is 11.5 Å². The van der Waals surface area contributed by atoms with Gasteiger partial charge in [0.1, 0.15) is 6.04 Å². The molecule has 2 N–H and O–H groups in total. The van der Waals surface area contributed by atoms with Crippen LogP contribution in [0.4, 0.5) is 0 Å². The summed E-state index contributed by atoms with van der Waals surface area (Å²) in [6.45, 7) is 4.43. The molecule has 1 aliphatic rings. The standard InChI is InChI=1S/C16H21N3O4S/c1-4-17-14(20)9-23-12-6-5-11(7-13(12)22-3)8-19-15(21)10(2)18-16(19)24/h5-7,10H,4,8-9H2,1-3H3,(H,17,20)(H,18,24). The van der Waals surface area contributed by atoms with Gasteiger partial charge in [-0.1, -0.05) is 6.07 Å². The first kappa shape index (κ1) is 18.0. The Hall–Kier alpha value is -2.35. The highest BCUT2D eigenvalue weighted by Crippen LogP contribution is 2.29. The van der Waals surface area contributed by atoms with E-state index in [1.165, 1.54) is 12.0 Å². The molecule has 0 saturated carbocycles. The average molecular weight is 351 g/mol. The van der Waals surface area contributed by atoms with Crippen LogP contribution in [0.5, 0.6) is 11.5 Å². The van der Waals surface area contributed by atoms with E-state index in [1.54, 1.807) is 19.1 Å². The lowest BCUT2D eigenvalue weighted by Gasteiger charge is -2.16. The topological polar surface area (TPSA) is 79.9 Å². The molecule has 1 atom stereocenters. The molecule has 24 heavy (non-hydrogen) atoms. The molecular formula is C16H21N3O4S. The molecule has 1 aliphatic heterocycles. The van der Waals surface area contributed by atoms with Gasteiger partial charge in [-0.15, -0.1) is 0 Å². The number of nitrogens with one attached hydrogen (secondary N) is 2. The number of ether oxygens (including phenoxy) is 2. The summed E-state index contributed by atoms with van der Waals surface area (Å²) in [6, 6.07) is 4.99. The van der Waals surface area contributed by atoms with Gasteiger partial charge in [-0.3, -0.25) is 14.5 Å². The number of carbonyl (C=O) groups is 2. The van der Waals surface area contributed by atoms with Gasteiger partial charge in [0.05, 0.1) is 13.7 Å². The predicted octanol–water partition coefficient (Wildman–Crippen LogP) is 0.815. The van der Waals surface area contributed by atoms with Crippen molar-refractivity contribution in [2.24, 2.45) is 0 Å². The third-order valence-electron chi connectivity index (χ3n) is 3.52. The molecule has 1 fully saturated rings. The van der Waals surface area contributed by atoms with Gasteiger partial charge in [-0.25, -0.2) is 0 Å². The Morgan fingerprint density at radius 1 is 1.42 bits per heavy atom. The lowest BCUT2D eigenvalue weighted by atomic mass is 10.2. The summed E-state index contributed by atoms with van der Waals surface area (Å²) in [5.41, 5.74) is 0.851. The number of carbonyl (C=O) groups excluding carboxylic acids is 2. The monoisotopic (exact) mass is 351 g/mol. The van der Waals surface area contributed by atoms with Crippen LogP contribution in [0, 0.1) is 0 Å². The van der Waals surface area contributed by atoms with Crippen LogP contribution in [0.15, 0.2) is 18.2 Å². The fraction of sp³-hybridized carbons (Fsp3) is 0.438. The summed E-state index contributed by atoms with van der Waals surface area (Å²) in [4.78, 5) is 25.0. The van der Waals surface area contributed by atoms with Crippen molar-refractivity contribution < 1.29 is 19.1 Å². The van der Waals surface area contributed by atoms with Crippen LogP contribution < -0.4 is 20.1 Å². The van der Waals surface area contributed by atoms with Gasteiger partial charge in [0.25, 0.3) is 11.8 Å². The lowest BCUT2D eigenvalue weighted by molar-refractivity contribution is -0.127. The number of hydrogen-bond donors (Lipinski definition) is 2. The van der Waals surface area contributed by atoms with Crippen molar-refractivity contribution in [1.82, 2.24) is 15.5 Å². The zero-order chi connectivity index (χ0) is 17.7. The molecule has 0 aliphatic carbocycles. The Bertz CT molecular complexity index is 650. The highest BCUT2D eigenvalue weighted by molar-refractivity contribution is 7.80. The summed E-state index contributed by atoms with van der Waals surface area (Å²) >= 11 is 5.17. The number of benzene rings is 1. The second-order valence-electron chi connectivity index (χ2n) is 5.32. The molecule has 2 rings (SSSR count). The molecule has 8 heteroatoms. The van der Waals surface area contributed by atoms with E-state index in [0.29, 0.717) is 29.7 Å². The molecular weight excluding hydrogens is 330 g/mol. The number of likely N-dealkylation sites (N-methyl/N-ethyl adjacent to an activating group) is 1. The van der Waals surface area contributed by atoms with Gasteiger partial charge < -0.3 is 20.1 Å². The van der Waals surface area contributed by atoms with E-state index < -0.39 is 0 Å². The van der Waals surface area contributed by atoms with Crippen molar-refractivity contribution >= 4 is 29.1 Å². The molecule has 0 bridgehead atoms. The van der Waals surface area contributed by atoms with Crippen molar-refractivity contribution in [1.29, 1.82) is 0 Å². The van der Waals surface area contributed by atoms with Gasteiger partial charge >= 0.3 is 0 Å². The Kier molecular flexibility index (Phi) is 5.97. The van der Waals surface area contributed by atoms with E-state index in [4.69, 9.17) is 21.7 Å². The first-order valence-corrected chi connectivity index (χ1v) is 8.05. The molecule has 1 aromatic rings. The largest absolute Gasteiger partial charge is 0.493 e. The number of nitrogens with zero attached hydrogens (tertiary/aromatic N) is 1. The molecule has 1 unspecified atom stereocenters. The van der Waals surface area contributed by atoms with Crippen molar-refractivity contribution in [2.45, 2.75) is 26.4 Å². The van der Waals surface area contributed by atoms with Crippen LogP contribution in [0.1, 0.15) is 19.4 Å². The maximum Gasteiger partial charge on any atom is 0.257 e. The van der Waals surface area contributed by atoms with E-state index in [0.717, 1.165) is 5.56 Å². The molecule has 0 spiro atoms. The third kappa shape index (κ3) is 4.14. The second-order valence-corrected chi connectivity index (χ2v) is 5.71. The van der Waals surface area contributed by atoms with E-state index >= 15 is 0 Å². The SMILES string of the molecule is CCNC(=O)COc1ccc(CN2C(=O)C(C)NC2=S)cc1OC. The van der Waals surface area contributed by atoms with Crippen molar-refractivity contribution in [3.63, 3.8) is 0 Å². The van der Waals surface area contributed by atoms with E-state index in [1.807, 2.05) is 13.0 Å². The van der Waals surface area contributed by atoms with Gasteiger partial charge in [0, 0.05) is 6.54 Å². The normalized spacial score (nSPS) is 16.8. The lowest BCUT2D eigenvalue weighted by Crippen LogP contribution is -2.30. The molecule has 2 amide bonds. The molecule has 1 aromatic carbocycles. The zero-order valence-electron chi connectivity index (χ0n) is 13.9. The number of rotatable bonds is 7. The second kappa shape index (κ2) is 7.96. The van der Waals surface area contributed by atoms with Crippen LogP contribution in [0.3, 0.4) is 0 Å². The average Bonchev–Trinajstić information content (AvgIpc) is 2.80. The van der Waals surface area contributed by atoms with E-state index in [-0.39, 0.29) is 24.5 Å². The maximum atomic E-state index is 12.1. The molecule has 7 nitrogen and oxygen atoms in total. The number of amides is 2. The van der Waals surface area contributed by atoms with Crippen LogP contribution in [0.25, 0.3) is 0 Å². The fourth-order valence-corrected chi connectivity index (χ4v) is 2.64. The Morgan fingerprint density at radius 3 is 2.75 bits per heavy atom. The Labute approximate surface area is 146 Å². The van der Waals surface area contributed by atoms with Gasteiger partial charge in [-0.05, 0) is 43.8 Å². The number of thiocarbonyl (C=S) groups is 1. The fourth-order valence-electron chi connectivity index (χ4n) is 2.31. The summed E-state index contributed by atoms with van der Waals surface area (Å²) in [5.74, 6) is 0.705. The minimum Gasteiger partial charge on any atom is -0.493 e. The van der Waals surface area contributed by atoms with Crippen molar-refractivity contribution in [3.05, 3.63) is 23.8 Å². The molecule has 0 aromatic heterocycles. The highest BCUT2D eigenvalue weighted by atomic mass is 32.1. The van der Waals surface area contributed by atoms with Crippen LogP contribution in [0.2, 0.25) is 0 Å². The molecule has 1 heterocycles. The predicted molar refractivity (Wildman–Crippen MR) is 92.9 cm³/mol. The van der Waals surface area contributed by atoms with Crippen LogP contribution in [-0.4, -0.2) is 48.1 Å². The van der Waals surface area contributed by atoms with Crippen LogP contribution >= 0.6 is 12.2 Å². The highest BCUT2D eigenvalue weighted by Gasteiger charge is 2.32. The third-order valence-corrected chi connectivity index (χ3v) is 3.86. The smallest absolute Gasteiger partial charge is 0.257 e. The quantitative estimate of drug-likeness (QED) is 0.708. The Balaban J connectivity index is 2.07. The first-order valence-electron chi connectivity index (χ1n) is 7.64. The molecule has 0 radical (unpaired) electrons. The summed E-state index contributed by atoms with van der Waals surface area (Å²) in [6.07, 6.45) is 0. The number of methoxy groups -OCH3 is 1. The molecule has 1 saturated heterocycles. The maximum absolute atomic E-state index is 12.1. The summed E-state index contributed by atoms with van der Waals surface area (Å²) in [5, 5.41) is 6.00. The number of hydrogen-bond acceptors (Lipinski definition) is 5. The van der Waals surface area contributed by atoms with Gasteiger partial charge in [0.2, 0.25) is 0 Å². The minimum atomic E-state index is -0.306. The summed E-state index contributed by atoms with van der Waals surface area (Å²) in [7, 11) is 1.52. The van der Waals surface area contributed by atoms with Gasteiger partial charge in [-0.2, -0.15) is 0 Å². The summed E-state index contributed by atoms with van der Waals surface area (Å²) < 4.78 is 10.8. The van der Waals surface area contributed by atoms with Crippen molar-refractivity contribution in [2.75, 3.05) is 20.3 Å². The zero-order valence-corrected chi connectivity index (χ0v) is 14.7.